The monoisotopic (exact) mass is 206 g/mol. The van der Waals surface area contributed by atoms with Crippen molar-refractivity contribution in [1.82, 2.24) is 0 Å². The Morgan fingerprint density at radius 1 is 1.20 bits per heavy atom. The first kappa shape index (κ1) is 10.7. The molecule has 1 saturated heterocycles. The minimum Gasteiger partial charge on any atom is -0.382 e. The zero-order chi connectivity index (χ0) is 10.7. The highest BCUT2D eigenvalue weighted by atomic mass is 16.3. The second-order valence-electron chi connectivity index (χ2n) is 4.88. The van der Waals surface area contributed by atoms with Crippen LogP contribution in [0.15, 0.2) is 30.3 Å². The third-order valence-electron chi connectivity index (χ3n) is 3.44. The van der Waals surface area contributed by atoms with E-state index in [0.717, 1.165) is 16.6 Å². The molecule has 0 bridgehead atoms. The summed E-state index contributed by atoms with van der Waals surface area (Å²) < 4.78 is 1.02. The van der Waals surface area contributed by atoms with E-state index in [-0.39, 0.29) is 6.10 Å². The van der Waals surface area contributed by atoms with Crippen LogP contribution in [0.2, 0.25) is 0 Å². The van der Waals surface area contributed by atoms with Gasteiger partial charge in [0.15, 0.2) is 0 Å². The summed E-state index contributed by atoms with van der Waals surface area (Å²) >= 11 is 0. The minimum atomic E-state index is -0.311. The van der Waals surface area contributed by atoms with E-state index in [9.17, 15) is 5.11 Å². The van der Waals surface area contributed by atoms with E-state index < -0.39 is 0 Å². The summed E-state index contributed by atoms with van der Waals surface area (Å²) in [7, 11) is 2.25. The SMILES string of the molecule is C[N+]1(CC(O)c2ccccc2)CCCC1. The molecule has 1 unspecified atom stereocenters. The van der Waals surface area contributed by atoms with Crippen LogP contribution in [0.3, 0.4) is 0 Å². The number of hydrogen-bond acceptors (Lipinski definition) is 1. The van der Waals surface area contributed by atoms with E-state index in [4.69, 9.17) is 0 Å². The first-order valence-electron chi connectivity index (χ1n) is 5.76. The van der Waals surface area contributed by atoms with Crippen molar-refractivity contribution in [2.45, 2.75) is 18.9 Å². The van der Waals surface area contributed by atoms with Crippen molar-refractivity contribution >= 4 is 0 Å². The van der Waals surface area contributed by atoms with Gasteiger partial charge in [-0.1, -0.05) is 30.3 Å². The van der Waals surface area contributed by atoms with Crippen LogP contribution in [-0.2, 0) is 0 Å². The molecule has 1 aromatic carbocycles. The fourth-order valence-corrected chi connectivity index (χ4v) is 2.48. The van der Waals surface area contributed by atoms with E-state index in [0.29, 0.717) is 0 Å². The van der Waals surface area contributed by atoms with Gasteiger partial charge in [0.2, 0.25) is 0 Å². The highest BCUT2D eigenvalue weighted by Crippen LogP contribution is 2.22. The van der Waals surface area contributed by atoms with Crippen LogP contribution in [0.4, 0.5) is 0 Å². The normalized spacial score (nSPS) is 21.5. The van der Waals surface area contributed by atoms with Gasteiger partial charge < -0.3 is 9.59 Å². The molecular formula is C13H20NO+. The number of likely N-dealkylation sites (tertiary alicyclic amines) is 1. The molecule has 1 aromatic rings. The third kappa shape index (κ3) is 2.58. The molecule has 2 heteroatoms. The fraction of sp³-hybridized carbons (Fsp3) is 0.538. The van der Waals surface area contributed by atoms with Crippen LogP contribution in [0.1, 0.15) is 24.5 Å². The summed E-state index contributed by atoms with van der Waals surface area (Å²) in [5.74, 6) is 0. The molecule has 0 aromatic heterocycles. The number of aliphatic hydroxyl groups is 1. The van der Waals surface area contributed by atoms with Gasteiger partial charge in [-0.3, -0.25) is 0 Å². The number of rotatable bonds is 3. The van der Waals surface area contributed by atoms with Gasteiger partial charge in [-0.25, -0.2) is 0 Å². The van der Waals surface area contributed by atoms with Crippen LogP contribution in [-0.4, -0.2) is 36.3 Å². The van der Waals surface area contributed by atoms with E-state index >= 15 is 0 Å². The lowest BCUT2D eigenvalue weighted by molar-refractivity contribution is -0.901. The summed E-state index contributed by atoms with van der Waals surface area (Å²) in [5.41, 5.74) is 1.05. The smallest absolute Gasteiger partial charge is 0.128 e. The number of likely N-dealkylation sites (N-methyl/N-ethyl adjacent to an activating group) is 1. The highest BCUT2D eigenvalue weighted by molar-refractivity contribution is 5.17. The molecule has 0 radical (unpaired) electrons. The van der Waals surface area contributed by atoms with Crippen LogP contribution in [0, 0.1) is 0 Å². The minimum absolute atomic E-state index is 0.311. The van der Waals surface area contributed by atoms with Crippen LogP contribution in [0.5, 0.6) is 0 Å². The molecule has 2 nitrogen and oxygen atoms in total. The Kier molecular flexibility index (Phi) is 3.08. The Balaban J connectivity index is 2.00. The Morgan fingerprint density at radius 2 is 1.80 bits per heavy atom. The van der Waals surface area contributed by atoms with Gasteiger partial charge in [0.05, 0.1) is 20.1 Å². The number of nitrogens with zero attached hydrogens (tertiary/aromatic N) is 1. The molecule has 1 fully saturated rings. The van der Waals surface area contributed by atoms with Crippen molar-refractivity contribution in [1.29, 1.82) is 0 Å². The highest BCUT2D eigenvalue weighted by Gasteiger charge is 2.29. The average molecular weight is 206 g/mol. The lowest BCUT2D eigenvalue weighted by Crippen LogP contribution is -2.43. The van der Waals surface area contributed by atoms with Gasteiger partial charge in [-0.2, -0.15) is 0 Å². The molecule has 1 atom stereocenters. The zero-order valence-electron chi connectivity index (χ0n) is 9.39. The summed E-state index contributed by atoms with van der Waals surface area (Å²) in [6, 6.07) is 9.98. The maximum Gasteiger partial charge on any atom is 0.128 e. The standard InChI is InChI=1S/C13H20NO/c1-14(9-5-6-10-14)11-13(15)12-7-3-2-4-8-12/h2-4,7-8,13,15H,5-6,9-11H2,1H3/q+1. The van der Waals surface area contributed by atoms with Crippen LogP contribution < -0.4 is 0 Å². The first-order chi connectivity index (χ1) is 7.20. The summed E-state index contributed by atoms with van der Waals surface area (Å²) in [6.07, 6.45) is 2.30. The number of quaternary nitrogens is 1. The molecular weight excluding hydrogens is 186 g/mol. The molecule has 0 saturated carbocycles. The Labute approximate surface area is 91.7 Å². The summed E-state index contributed by atoms with van der Waals surface area (Å²) in [6.45, 7) is 3.28. The van der Waals surface area contributed by atoms with Crippen molar-refractivity contribution in [2.24, 2.45) is 0 Å². The van der Waals surface area contributed by atoms with Crippen molar-refractivity contribution in [3.63, 3.8) is 0 Å². The number of benzene rings is 1. The first-order valence-corrected chi connectivity index (χ1v) is 5.76. The fourth-order valence-electron chi connectivity index (χ4n) is 2.48. The Morgan fingerprint density at radius 3 is 2.40 bits per heavy atom. The average Bonchev–Trinajstić information content (AvgIpc) is 2.66. The Hall–Kier alpha value is -0.860. The molecule has 1 aliphatic rings. The lowest BCUT2D eigenvalue weighted by Gasteiger charge is -2.31. The number of hydrogen-bond donors (Lipinski definition) is 1. The summed E-state index contributed by atoms with van der Waals surface area (Å²) in [4.78, 5) is 0. The topological polar surface area (TPSA) is 20.2 Å². The van der Waals surface area contributed by atoms with Crippen molar-refractivity contribution in [2.75, 3.05) is 26.7 Å². The predicted octanol–water partition coefficient (Wildman–Crippen LogP) is 1.96. The zero-order valence-corrected chi connectivity index (χ0v) is 9.39. The van der Waals surface area contributed by atoms with Gasteiger partial charge in [-0.05, 0) is 5.56 Å². The molecule has 1 heterocycles. The Bertz CT molecular complexity index is 304. The van der Waals surface area contributed by atoms with E-state index in [1.54, 1.807) is 0 Å². The second kappa shape index (κ2) is 4.33. The van der Waals surface area contributed by atoms with Crippen LogP contribution >= 0.6 is 0 Å². The number of aliphatic hydroxyl groups excluding tert-OH is 1. The maximum absolute atomic E-state index is 10.1. The van der Waals surface area contributed by atoms with Gasteiger partial charge in [0.1, 0.15) is 12.6 Å². The van der Waals surface area contributed by atoms with E-state index in [2.05, 4.69) is 7.05 Å². The molecule has 2 rings (SSSR count). The quantitative estimate of drug-likeness (QED) is 0.750. The van der Waals surface area contributed by atoms with Crippen molar-refractivity contribution in [3.05, 3.63) is 35.9 Å². The third-order valence-corrected chi connectivity index (χ3v) is 3.44. The molecule has 1 N–H and O–H groups in total. The maximum atomic E-state index is 10.1. The van der Waals surface area contributed by atoms with Gasteiger partial charge in [-0.15, -0.1) is 0 Å². The molecule has 1 aliphatic heterocycles. The molecule has 0 spiro atoms. The van der Waals surface area contributed by atoms with Gasteiger partial charge >= 0.3 is 0 Å². The van der Waals surface area contributed by atoms with Gasteiger partial charge in [0.25, 0.3) is 0 Å². The largest absolute Gasteiger partial charge is 0.382 e. The van der Waals surface area contributed by atoms with E-state index in [1.165, 1.54) is 25.9 Å². The lowest BCUT2D eigenvalue weighted by atomic mass is 10.1. The second-order valence-corrected chi connectivity index (χ2v) is 4.88. The van der Waals surface area contributed by atoms with Crippen LogP contribution in [0.25, 0.3) is 0 Å². The molecule has 0 aliphatic carbocycles. The van der Waals surface area contributed by atoms with Crippen molar-refractivity contribution < 1.29 is 9.59 Å². The molecule has 0 amide bonds. The summed E-state index contributed by atoms with van der Waals surface area (Å²) in [5, 5.41) is 10.1. The van der Waals surface area contributed by atoms with Gasteiger partial charge in [0, 0.05) is 12.8 Å². The van der Waals surface area contributed by atoms with E-state index in [1.807, 2.05) is 30.3 Å². The van der Waals surface area contributed by atoms with Crippen molar-refractivity contribution in [3.8, 4) is 0 Å². The molecule has 82 valence electrons. The predicted molar refractivity (Wildman–Crippen MR) is 61.4 cm³/mol. The molecule has 15 heavy (non-hydrogen) atoms.